The van der Waals surface area contributed by atoms with Gasteiger partial charge in [-0.15, -0.1) is 0 Å². The number of aliphatic carboxylic acids is 1. The van der Waals surface area contributed by atoms with Gasteiger partial charge in [-0.2, -0.15) is 0 Å². The summed E-state index contributed by atoms with van der Waals surface area (Å²) in [6, 6.07) is 9.86. The van der Waals surface area contributed by atoms with Gasteiger partial charge in [0, 0.05) is 30.3 Å². The molecule has 2 aliphatic heterocycles. The maximum Gasteiger partial charge on any atom is 0.325 e. The van der Waals surface area contributed by atoms with Gasteiger partial charge >= 0.3 is 5.97 Å². The number of carboxylic acids is 1. The second-order valence-electron chi connectivity index (χ2n) is 9.44. The summed E-state index contributed by atoms with van der Waals surface area (Å²) >= 11 is 0. The van der Waals surface area contributed by atoms with Gasteiger partial charge in [-0.25, -0.2) is 0 Å². The minimum absolute atomic E-state index is 0.127. The van der Waals surface area contributed by atoms with Crippen molar-refractivity contribution < 1.29 is 24.4 Å². The maximum atomic E-state index is 13.6. The van der Waals surface area contributed by atoms with E-state index in [1.807, 2.05) is 0 Å². The van der Waals surface area contributed by atoms with E-state index in [0.29, 0.717) is 11.3 Å². The molecule has 3 heterocycles. The number of likely N-dealkylation sites (tertiary alicyclic amines) is 1. The lowest BCUT2D eigenvalue weighted by molar-refractivity contribution is -0.384. The lowest BCUT2D eigenvalue weighted by Crippen LogP contribution is -2.58. The minimum atomic E-state index is -1.80. The van der Waals surface area contributed by atoms with Crippen LogP contribution >= 0.6 is 0 Å². The van der Waals surface area contributed by atoms with Crippen LogP contribution in [0.2, 0.25) is 0 Å². The van der Waals surface area contributed by atoms with Crippen LogP contribution in [0.1, 0.15) is 38.1 Å². The number of rotatable bonds is 5. The average molecular weight is 452 g/mol. The highest BCUT2D eigenvalue weighted by molar-refractivity contribution is 6.10. The Kier molecular flexibility index (Phi) is 5.28. The van der Waals surface area contributed by atoms with Crippen LogP contribution in [0, 0.1) is 22.0 Å². The number of hydrogen-bond donors (Lipinski definition) is 2. The number of amides is 2. The summed E-state index contributed by atoms with van der Waals surface area (Å²) in [5, 5.41) is 24.5. The summed E-state index contributed by atoms with van der Waals surface area (Å²) in [7, 11) is 0. The average Bonchev–Trinajstić information content (AvgIpc) is 3.23. The Labute approximate surface area is 189 Å². The summed E-state index contributed by atoms with van der Waals surface area (Å²) in [6.45, 7) is 5.18. The highest BCUT2D eigenvalue weighted by atomic mass is 16.6. The number of carbonyl (C=O) groups is 3. The van der Waals surface area contributed by atoms with Crippen LogP contribution in [0.15, 0.2) is 48.7 Å². The third-order valence-electron chi connectivity index (χ3n) is 6.34. The molecule has 10 nitrogen and oxygen atoms in total. The van der Waals surface area contributed by atoms with Gasteiger partial charge in [-0.05, 0) is 38.5 Å². The third-order valence-corrected chi connectivity index (χ3v) is 6.34. The molecule has 0 bridgehead atoms. The molecule has 2 aromatic rings. The van der Waals surface area contributed by atoms with Crippen LogP contribution in [0.4, 0.5) is 5.69 Å². The molecule has 10 heteroatoms. The molecule has 0 radical (unpaired) electrons. The molecule has 33 heavy (non-hydrogen) atoms. The Bertz CT molecular complexity index is 1130. The number of imide groups is 1. The van der Waals surface area contributed by atoms with E-state index in [1.54, 1.807) is 45.2 Å². The second kappa shape index (κ2) is 7.73. The van der Waals surface area contributed by atoms with E-state index in [4.69, 9.17) is 0 Å². The number of nitrogens with one attached hydrogen (secondary N) is 1. The van der Waals surface area contributed by atoms with Gasteiger partial charge in [-0.1, -0.05) is 18.2 Å². The molecule has 0 aliphatic carbocycles. The van der Waals surface area contributed by atoms with E-state index in [-0.39, 0.29) is 12.1 Å². The first-order chi connectivity index (χ1) is 15.5. The Hall–Kier alpha value is -3.66. The minimum Gasteiger partial charge on any atom is -0.480 e. The molecule has 2 fully saturated rings. The number of fused-ring (bicyclic) bond motifs is 1. The topological polar surface area (TPSA) is 143 Å². The van der Waals surface area contributed by atoms with Gasteiger partial charge in [0.15, 0.2) is 0 Å². The zero-order valence-electron chi connectivity index (χ0n) is 18.4. The molecule has 2 N–H and O–H groups in total. The number of benzene rings is 1. The van der Waals surface area contributed by atoms with Crippen LogP contribution in [0.5, 0.6) is 0 Å². The first kappa shape index (κ1) is 22.5. The third kappa shape index (κ3) is 3.56. The van der Waals surface area contributed by atoms with E-state index < -0.39 is 51.7 Å². The van der Waals surface area contributed by atoms with Crippen LogP contribution < -0.4 is 5.32 Å². The summed E-state index contributed by atoms with van der Waals surface area (Å²) in [5.41, 5.74) is -1.79. The number of pyridine rings is 1. The van der Waals surface area contributed by atoms with Gasteiger partial charge in [0.1, 0.15) is 5.54 Å². The summed E-state index contributed by atoms with van der Waals surface area (Å²) in [5.74, 6) is -4.36. The number of carbonyl (C=O) groups excluding carboxylic acids is 2. The van der Waals surface area contributed by atoms with Crippen molar-refractivity contribution in [1.82, 2.24) is 15.2 Å². The monoisotopic (exact) mass is 452 g/mol. The number of nitro benzene ring substituents is 1. The standard InChI is InChI=1S/C23H24N4O6/c1-22(2,3)26-19(28)16-17(20(26)29)23(21(30)31,25-18(16)15-6-4-5-11-24-15)12-13-7-9-14(10-8-13)27(32)33/h4-11,16-18,25H,12H2,1-3H3,(H,30,31). The van der Waals surface area contributed by atoms with Crippen LogP contribution in [0.3, 0.4) is 0 Å². The SMILES string of the molecule is CC(C)(C)N1C(=O)C2C(c3ccccn3)NC(Cc3ccc([N+](=O)[O-])cc3)(C(=O)O)C2C1=O. The van der Waals surface area contributed by atoms with Crippen molar-refractivity contribution in [2.75, 3.05) is 0 Å². The van der Waals surface area contributed by atoms with Gasteiger partial charge in [0.25, 0.3) is 5.69 Å². The molecule has 1 aromatic heterocycles. The number of carboxylic acid groups (broad SMARTS) is 1. The van der Waals surface area contributed by atoms with Crippen molar-refractivity contribution in [3.8, 4) is 0 Å². The van der Waals surface area contributed by atoms with Crippen molar-refractivity contribution in [2.24, 2.45) is 11.8 Å². The number of aromatic nitrogens is 1. The van der Waals surface area contributed by atoms with E-state index >= 15 is 0 Å². The highest BCUT2D eigenvalue weighted by Gasteiger charge is 2.69. The quantitative estimate of drug-likeness (QED) is 0.399. The molecule has 172 valence electrons. The fourth-order valence-corrected chi connectivity index (χ4v) is 4.97. The molecule has 2 aliphatic rings. The lowest BCUT2D eigenvalue weighted by Gasteiger charge is -2.35. The fourth-order valence-electron chi connectivity index (χ4n) is 4.97. The number of nitrogens with zero attached hydrogens (tertiary/aromatic N) is 3. The second-order valence-corrected chi connectivity index (χ2v) is 9.44. The summed E-state index contributed by atoms with van der Waals surface area (Å²) in [6.07, 6.45) is 1.41. The molecular formula is C23H24N4O6. The van der Waals surface area contributed by atoms with Gasteiger partial charge in [-0.3, -0.25) is 39.7 Å². The zero-order chi connectivity index (χ0) is 24.1. The maximum absolute atomic E-state index is 13.6. The number of non-ortho nitro benzene ring substituents is 1. The molecule has 4 rings (SSSR count). The predicted molar refractivity (Wildman–Crippen MR) is 116 cm³/mol. The van der Waals surface area contributed by atoms with Crippen molar-refractivity contribution in [1.29, 1.82) is 0 Å². The van der Waals surface area contributed by atoms with Crippen LogP contribution in [-0.2, 0) is 20.8 Å². The molecule has 4 unspecified atom stereocenters. The van der Waals surface area contributed by atoms with E-state index in [2.05, 4.69) is 10.3 Å². The normalized spacial score (nSPS) is 27.0. The first-order valence-electron chi connectivity index (χ1n) is 10.5. The van der Waals surface area contributed by atoms with Gasteiger partial charge in [0.05, 0.1) is 28.5 Å². The molecule has 2 saturated heterocycles. The predicted octanol–water partition coefficient (Wildman–Crippen LogP) is 2.10. The Morgan fingerprint density at radius 2 is 1.85 bits per heavy atom. The molecule has 0 saturated carbocycles. The number of hydrogen-bond acceptors (Lipinski definition) is 7. The summed E-state index contributed by atoms with van der Waals surface area (Å²) in [4.78, 5) is 55.7. The highest BCUT2D eigenvalue weighted by Crippen LogP contribution is 2.51. The number of nitro groups is 1. The van der Waals surface area contributed by atoms with Crippen molar-refractivity contribution in [3.05, 3.63) is 70.0 Å². The van der Waals surface area contributed by atoms with E-state index in [1.165, 1.54) is 24.3 Å². The van der Waals surface area contributed by atoms with Crippen molar-refractivity contribution >= 4 is 23.5 Å². The smallest absolute Gasteiger partial charge is 0.325 e. The molecular weight excluding hydrogens is 428 g/mol. The Morgan fingerprint density at radius 3 is 2.36 bits per heavy atom. The molecule has 2 amide bonds. The molecule has 1 aromatic carbocycles. The fraction of sp³-hybridized carbons (Fsp3) is 0.391. The largest absolute Gasteiger partial charge is 0.480 e. The first-order valence-corrected chi connectivity index (χ1v) is 10.5. The van der Waals surface area contributed by atoms with Gasteiger partial charge in [0.2, 0.25) is 11.8 Å². The van der Waals surface area contributed by atoms with Crippen molar-refractivity contribution in [3.63, 3.8) is 0 Å². The van der Waals surface area contributed by atoms with Gasteiger partial charge < -0.3 is 5.11 Å². The van der Waals surface area contributed by atoms with Crippen LogP contribution in [-0.4, -0.2) is 48.8 Å². The Morgan fingerprint density at radius 1 is 1.18 bits per heavy atom. The van der Waals surface area contributed by atoms with Crippen molar-refractivity contribution in [2.45, 2.75) is 44.3 Å². The molecule has 4 atom stereocenters. The van der Waals surface area contributed by atoms with Crippen LogP contribution in [0.25, 0.3) is 0 Å². The lowest BCUT2D eigenvalue weighted by atomic mass is 9.76. The molecule has 0 spiro atoms. The van der Waals surface area contributed by atoms with E-state index in [0.717, 1.165) is 4.90 Å². The van der Waals surface area contributed by atoms with E-state index in [9.17, 15) is 29.6 Å². The zero-order valence-corrected chi connectivity index (χ0v) is 18.4. The summed E-state index contributed by atoms with van der Waals surface area (Å²) < 4.78 is 0. The Balaban J connectivity index is 1.84.